The molecule has 0 fully saturated rings. The lowest BCUT2D eigenvalue weighted by atomic mass is 10.1. The first kappa shape index (κ1) is 9.44. The number of hydrogen-bond donors (Lipinski definition) is 0. The van der Waals surface area contributed by atoms with Crippen LogP contribution in [0.15, 0.2) is 33.7 Å². The van der Waals surface area contributed by atoms with Crippen molar-refractivity contribution in [2.75, 3.05) is 0 Å². The highest BCUT2D eigenvalue weighted by Gasteiger charge is 2.08. The molecule has 0 nitrogen and oxygen atoms in total. The summed E-state index contributed by atoms with van der Waals surface area (Å²) < 4.78 is 0. The molecule has 2 aromatic rings. The van der Waals surface area contributed by atoms with Gasteiger partial charge in [0.25, 0.3) is 0 Å². The van der Waals surface area contributed by atoms with Crippen LogP contribution in [0.4, 0.5) is 0 Å². The van der Waals surface area contributed by atoms with E-state index in [1.54, 1.807) is 22.7 Å². The van der Waals surface area contributed by atoms with Gasteiger partial charge < -0.3 is 0 Å². The van der Waals surface area contributed by atoms with E-state index < -0.39 is 0 Å². The van der Waals surface area contributed by atoms with Gasteiger partial charge in [-0.1, -0.05) is 15.9 Å². The molecule has 2 heterocycles. The van der Waals surface area contributed by atoms with Crippen molar-refractivity contribution in [2.24, 2.45) is 0 Å². The fourth-order valence-electron chi connectivity index (χ4n) is 1.19. The van der Waals surface area contributed by atoms with E-state index in [4.69, 9.17) is 0 Å². The van der Waals surface area contributed by atoms with Crippen LogP contribution in [0, 0.1) is 0 Å². The van der Waals surface area contributed by atoms with E-state index in [2.05, 4.69) is 49.6 Å². The van der Waals surface area contributed by atoms with Crippen LogP contribution in [0.2, 0.25) is 0 Å². The van der Waals surface area contributed by atoms with Gasteiger partial charge in [0.05, 0.1) is 0 Å². The maximum Gasteiger partial charge on any atom is 0.0444 e. The number of alkyl halides is 1. The molecular weight excluding hydrogens is 264 g/mol. The second-order valence-corrected chi connectivity index (χ2v) is 5.53. The number of hydrogen-bond acceptors (Lipinski definition) is 2. The average Bonchev–Trinajstić information content (AvgIpc) is 2.74. The van der Waals surface area contributed by atoms with Crippen molar-refractivity contribution in [3.8, 4) is 0 Å². The first-order valence-corrected chi connectivity index (χ1v) is 6.83. The van der Waals surface area contributed by atoms with Crippen LogP contribution >= 0.6 is 38.6 Å². The van der Waals surface area contributed by atoms with Crippen molar-refractivity contribution in [3.63, 3.8) is 0 Å². The summed E-state index contributed by atoms with van der Waals surface area (Å²) in [6, 6.07) is 4.36. The molecule has 0 aliphatic rings. The molecule has 0 N–H and O–H groups in total. The third-order valence-corrected chi connectivity index (χ3v) is 4.19. The Labute approximate surface area is 94.4 Å². The third kappa shape index (κ3) is 2.42. The molecule has 2 rings (SSSR count). The molecule has 1 unspecified atom stereocenters. The lowest BCUT2D eigenvalue weighted by Crippen LogP contribution is -1.91. The SMILES string of the molecule is BrC(Cc1ccsc1)c1ccsc1. The third-order valence-electron chi connectivity index (χ3n) is 1.90. The van der Waals surface area contributed by atoms with Crippen LogP contribution in [-0.4, -0.2) is 0 Å². The van der Waals surface area contributed by atoms with Gasteiger partial charge in [0.1, 0.15) is 0 Å². The van der Waals surface area contributed by atoms with Crippen LogP contribution < -0.4 is 0 Å². The Morgan fingerprint density at radius 2 is 1.92 bits per heavy atom. The van der Waals surface area contributed by atoms with Gasteiger partial charge >= 0.3 is 0 Å². The van der Waals surface area contributed by atoms with E-state index >= 15 is 0 Å². The standard InChI is InChI=1S/C10H9BrS2/c11-10(9-2-4-13-7-9)5-8-1-3-12-6-8/h1-4,6-7,10H,5H2. The normalized spacial score (nSPS) is 13.0. The second kappa shape index (κ2) is 4.40. The topological polar surface area (TPSA) is 0 Å². The Kier molecular flexibility index (Phi) is 3.19. The highest BCUT2D eigenvalue weighted by Crippen LogP contribution is 2.29. The highest BCUT2D eigenvalue weighted by atomic mass is 79.9. The van der Waals surface area contributed by atoms with E-state index in [9.17, 15) is 0 Å². The first-order chi connectivity index (χ1) is 6.36. The Bertz CT molecular complexity index is 337. The Morgan fingerprint density at radius 1 is 1.15 bits per heavy atom. The highest BCUT2D eigenvalue weighted by molar-refractivity contribution is 9.09. The van der Waals surface area contributed by atoms with Gasteiger partial charge in [-0.25, -0.2) is 0 Å². The fourth-order valence-corrected chi connectivity index (χ4v) is 3.42. The first-order valence-electron chi connectivity index (χ1n) is 4.03. The van der Waals surface area contributed by atoms with Crippen molar-refractivity contribution in [3.05, 3.63) is 44.8 Å². The van der Waals surface area contributed by atoms with Gasteiger partial charge in [0, 0.05) is 4.83 Å². The molecule has 1 atom stereocenters. The van der Waals surface area contributed by atoms with E-state index in [1.165, 1.54) is 11.1 Å². The van der Waals surface area contributed by atoms with E-state index in [1.807, 2.05) is 0 Å². The summed E-state index contributed by atoms with van der Waals surface area (Å²) in [7, 11) is 0. The molecule has 13 heavy (non-hydrogen) atoms. The van der Waals surface area contributed by atoms with Gasteiger partial charge in [0.15, 0.2) is 0 Å². The summed E-state index contributed by atoms with van der Waals surface area (Å²) in [4.78, 5) is 0.466. The Morgan fingerprint density at radius 3 is 2.54 bits per heavy atom. The van der Waals surface area contributed by atoms with Crippen LogP contribution in [0.3, 0.4) is 0 Å². The quantitative estimate of drug-likeness (QED) is 0.723. The molecule has 0 saturated carbocycles. The molecule has 0 aromatic carbocycles. The molecular formula is C10H9BrS2. The predicted molar refractivity (Wildman–Crippen MR) is 64.0 cm³/mol. The van der Waals surface area contributed by atoms with E-state index in [-0.39, 0.29) is 0 Å². The molecule has 68 valence electrons. The zero-order valence-electron chi connectivity index (χ0n) is 6.94. The summed E-state index contributed by atoms with van der Waals surface area (Å²) in [6.45, 7) is 0. The zero-order chi connectivity index (χ0) is 9.10. The van der Waals surface area contributed by atoms with Crippen molar-refractivity contribution in [1.82, 2.24) is 0 Å². The minimum absolute atomic E-state index is 0.466. The van der Waals surface area contributed by atoms with Crippen LogP contribution in [0.5, 0.6) is 0 Å². The number of halogens is 1. The minimum Gasteiger partial charge on any atom is -0.152 e. The molecule has 0 spiro atoms. The van der Waals surface area contributed by atoms with Crippen molar-refractivity contribution >= 4 is 38.6 Å². The molecule has 2 aromatic heterocycles. The number of rotatable bonds is 3. The fraction of sp³-hybridized carbons (Fsp3) is 0.200. The van der Waals surface area contributed by atoms with Crippen molar-refractivity contribution in [2.45, 2.75) is 11.2 Å². The molecule has 0 radical (unpaired) electrons. The van der Waals surface area contributed by atoms with Gasteiger partial charge in [-0.2, -0.15) is 22.7 Å². The van der Waals surface area contributed by atoms with E-state index in [0.717, 1.165) is 6.42 Å². The van der Waals surface area contributed by atoms with Crippen molar-refractivity contribution in [1.29, 1.82) is 0 Å². The predicted octanol–water partition coefficient (Wildman–Crippen LogP) is 4.49. The minimum atomic E-state index is 0.466. The van der Waals surface area contributed by atoms with Gasteiger partial charge in [-0.15, -0.1) is 0 Å². The lowest BCUT2D eigenvalue weighted by molar-refractivity contribution is 0.960. The lowest BCUT2D eigenvalue weighted by Gasteiger charge is -2.05. The van der Waals surface area contributed by atoms with Gasteiger partial charge in [-0.3, -0.25) is 0 Å². The summed E-state index contributed by atoms with van der Waals surface area (Å²) in [6.07, 6.45) is 1.08. The Hall–Kier alpha value is -0.120. The largest absolute Gasteiger partial charge is 0.152 e. The molecule has 0 aliphatic carbocycles. The van der Waals surface area contributed by atoms with Gasteiger partial charge in [0.2, 0.25) is 0 Å². The molecule has 0 saturated heterocycles. The average molecular weight is 273 g/mol. The van der Waals surface area contributed by atoms with Crippen LogP contribution in [0.1, 0.15) is 16.0 Å². The maximum atomic E-state index is 3.70. The van der Waals surface area contributed by atoms with Crippen molar-refractivity contribution < 1.29 is 0 Å². The summed E-state index contributed by atoms with van der Waals surface area (Å²) in [5.74, 6) is 0. The van der Waals surface area contributed by atoms with Gasteiger partial charge in [-0.05, 0) is 51.2 Å². The van der Waals surface area contributed by atoms with Crippen LogP contribution in [-0.2, 0) is 6.42 Å². The summed E-state index contributed by atoms with van der Waals surface area (Å²) >= 11 is 7.21. The van der Waals surface area contributed by atoms with E-state index in [0.29, 0.717) is 4.83 Å². The second-order valence-electron chi connectivity index (χ2n) is 2.86. The molecule has 0 amide bonds. The molecule has 3 heteroatoms. The Balaban J connectivity index is 2.04. The zero-order valence-corrected chi connectivity index (χ0v) is 10.2. The summed E-state index contributed by atoms with van der Waals surface area (Å²) in [5, 5.41) is 8.66. The maximum absolute atomic E-state index is 3.70. The van der Waals surface area contributed by atoms with Crippen LogP contribution in [0.25, 0.3) is 0 Å². The number of thiophene rings is 2. The summed E-state index contributed by atoms with van der Waals surface area (Å²) in [5.41, 5.74) is 2.80. The molecule has 0 bridgehead atoms. The smallest absolute Gasteiger partial charge is 0.0444 e. The molecule has 0 aliphatic heterocycles. The monoisotopic (exact) mass is 272 g/mol.